The fourth-order valence-electron chi connectivity index (χ4n) is 0.815. The Morgan fingerprint density at radius 3 is 2.79 bits per heavy atom. The third-order valence-electron chi connectivity index (χ3n) is 1.80. The van der Waals surface area contributed by atoms with Gasteiger partial charge < -0.3 is 10.6 Å². The van der Waals surface area contributed by atoms with Gasteiger partial charge in [0.15, 0.2) is 0 Å². The molecule has 0 bridgehead atoms. The first-order valence-corrected chi connectivity index (χ1v) is 4.61. The minimum absolute atomic E-state index is 0.123. The number of anilines is 1. The molecule has 1 heterocycles. The molecule has 0 saturated carbocycles. The zero-order valence-corrected chi connectivity index (χ0v) is 8.80. The molecule has 14 heavy (non-hydrogen) atoms. The highest BCUT2D eigenvalue weighted by atomic mass is 35.5. The van der Waals surface area contributed by atoms with E-state index in [9.17, 15) is 4.79 Å². The molecule has 76 valence electrons. The Labute approximate surface area is 87.7 Å². The SMILES string of the molecule is CN[C@@H](C)C(=O)Nc1ccc(Cl)cn1. The summed E-state index contributed by atoms with van der Waals surface area (Å²) in [6.07, 6.45) is 1.49. The van der Waals surface area contributed by atoms with Crippen LogP contribution >= 0.6 is 11.6 Å². The molecule has 1 atom stereocenters. The summed E-state index contributed by atoms with van der Waals surface area (Å²) < 4.78 is 0. The van der Waals surface area contributed by atoms with Gasteiger partial charge in [0.25, 0.3) is 0 Å². The molecule has 4 nitrogen and oxygen atoms in total. The second-order valence-corrected chi connectivity index (χ2v) is 3.30. The first kappa shape index (κ1) is 10.9. The van der Waals surface area contributed by atoms with Gasteiger partial charge in [0, 0.05) is 6.20 Å². The first-order valence-electron chi connectivity index (χ1n) is 4.23. The van der Waals surface area contributed by atoms with Crippen LogP contribution in [0.2, 0.25) is 5.02 Å². The number of aromatic nitrogens is 1. The zero-order chi connectivity index (χ0) is 10.6. The van der Waals surface area contributed by atoms with Gasteiger partial charge in [-0.25, -0.2) is 4.98 Å². The van der Waals surface area contributed by atoms with Crippen LogP contribution in [-0.4, -0.2) is 24.0 Å². The first-order chi connectivity index (χ1) is 6.63. The highest BCUT2D eigenvalue weighted by molar-refractivity contribution is 6.30. The molecule has 0 spiro atoms. The van der Waals surface area contributed by atoms with Gasteiger partial charge in [-0.3, -0.25) is 4.79 Å². The van der Waals surface area contributed by atoms with Crippen LogP contribution in [0.15, 0.2) is 18.3 Å². The maximum absolute atomic E-state index is 11.4. The van der Waals surface area contributed by atoms with Crippen LogP contribution in [0.5, 0.6) is 0 Å². The van der Waals surface area contributed by atoms with Crippen molar-refractivity contribution in [2.75, 3.05) is 12.4 Å². The second kappa shape index (κ2) is 4.93. The maximum Gasteiger partial charge on any atom is 0.242 e. The summed E-state index contributed by atoms with van der Waals surface area (Å²) in [7, 11) is 1.72. The van der Waals surface area contributed by atoms with Gasteiger partial charge >= 0.3 is 0 Å². The molecule has 0 aliphatic heterocycles. The Kier molecular flexibility index (Phi) is 3.85. The smallest absolute Gasteiger partial charge is 0.242 e. The number of hydrogen-bond donors (Lipinski definition) is 2. The lowest BCUT2D eigenvalue weighted by atomic mass is 10.3. The average Bonchev–Trinajstić information content (AvgIpc) is 2.20. The molecular weight excluding hydrogens is 202 g/mol. The number of hydrogen-bond acceptors (Lipinski definition) is 3. The Hall–Kier alpha value is -1.13. The van der Waals surface area contributed by atoms with Gasteiger partial charge in [0.2, 0.25) is 5.91 Å². The van der Waals surface area contributed by atoms with E-state index in [2.05, 4.69) is 15.6 Å². The van der Waals surface area contributed by atoms with E-state index < -0.39 is 0 Å². The lowest BCUT2D eigenvalue weighted by molar-refractivity contribution is -0.117. The van der Waals surface area contributed by atoms with Crippen molar-refractivity contribution in [1.82, 2.24) is 10.3 Å². The van der Waals surface area contributed by atoms with Crippen LogP contribution in [0.4, 0.5) is 5.82 Å². The van der Waals surface area contributed by atoms with Gasteiger partial charge in [-0.15, -0.1) is 0 Å². The molecule has 1 amide bonds. The molecular formula is C9H12ClN3O. The van der Waals surface area contributed by atoms with Gasteiger partial charge in [0.1, 0.15) is 5.82 Å². The number of carbonyl (C=O) groups is 1. The van der Waals surface area contributed by atoms with E-state index in [1.807, 2.05) is 0 Å². The minimum Gasteiger partial charge on any atom is -0.309 e. The van der Waals surface area contributed by atoms with Crippen LogP contribution < -0.4 is 10.6 Å². The average molecular weight is 214 g/mol. The quantitative estimate of drug-likeness (QED) is 0.796. The Morgan fingerprint density at radius 1 is 1.57 bits per heavy atom. The highest BCUT2D eigenvalue weighted by Gasteiger charge is 2.10. The van der Waals surface area contributed by atoms with Crippen molar-refractivity contribution < 1.29 is 4.79 Å². The number of halogens is 1. The third-order valence-corrected chi connectivity index (χ3v) is 2.03. The summed E-state index contributed by atoms with van der Waals surface area (Å²) >= 11 is 5.65. The molecule has 0 saturated heterocycles. The Bertz CT molecular complexity index is 312. The predicted octanol–water partition coefficient (Wildman–Crippen LogP) is 1.28. The normalized spacial score (nSPS) is 12.2. The molecule has 5 heteroatoms. The van der Waals surface area contributed by atoms with Crippen LogP contribution in [0.25, 0.3) is 0 Å². The van der Waals surface area contributed by atoms with Gasteiger partial charge in [-0.1, -0.05) is 11.6 Å². The van der Waals surface area contributed by atoms with Crippen LogP contribution in [0.1, 0.15) is 6.92 Å². The molecule has 0 radical (unpaired) electrons. The summed E-state index contributed by atoms with van der Waals surface area (Å²) in [5.41, 5.74) is 0. The van der Waals surface area contributed by atoms with E-state index in [0.717, 1.165) is 0 Å². The van der Waals surface area contributed by atoms with Crippen LogP contribution in [0.3, 0.4) is 0 Å². The maximum atomic E-state index is 11.4. The summed E-state index contributed by atoms with van der Waals surface area (Å²) in [4.78, 5) is 15.3. The third kappa shape index (κ3) is 2.97. The molecule has 0 fully saturated rings. The highest BCUT2D eigenvalue weighted by Crippen LogP contribution is 2.09. The number of carbonyl (C=O) groups excluding carboxylic acids is 1. The van der Waals surface area contributed by atoms with E-state index in [1.54, 1.807) is 26.1 Å². The topological polar surface area (TPSA) is 54.0 Å². The predicted molar refractivity (Wildman–Crippen MR) is 56.4 cm³/mol. The monoisotopic (exact) mass is 213 g/mol. The molecule has 0 aromatic carbocycles. The largest absolute Gasteiger partial charge is 0.309 e. The lowest BCUT2D eigenvalue weighted by Crippen LogP contribution is -2.35. The number of rotatable bonds is 3. The molecule has 0 aliphatic carbocycles. The zero-order valence-electron chi connectivity index (χ0n) is 8.04. The fraction of sp³-hybridized carbons (Fsp3) is 0.333. The Morgan fingerprint density at radius 2 is 2.29 bits per heavy atom. The molecule has 0 unspecified atom stereocenters. The van der Waals surface area contributed by atoms with E-state index in [-0.39, 0.29) is 11.9 Å². The lowest BCUT2D eigenvalue weighted by Gasteiger charge is -2.09. The molecule has 1 rings (SSSR count). The molecule has 1 aromatic heterocycles. The van der Waals surface area contributed by atoms with E-state index in [0.29, 0.717) is 10.8 Å². The van der Waals surface area contributed by atoms with Crippen molar-refractivity contribution in [3.05, 3.63) is 23.4 Å². The number of amides is 1. The summed E-state index contributed by atoms with van der Waals surface area (Å²) in [6, 6.07) is 3.09. The summed E-state index contributed by atoms with van der Waals surface area (Å²) in [6.45, 7) is 1.77. The van der Waals surface area contributed by atoms with Gasteiger partial charge in [-0.05, 0) is 26.1 Å². The summed E-state index contributed by atoms with van der Waals surface area (Å²) in [5, 5.41) is 6.03. The molecule has 1 aromatic rings. The van der Waals surface area contributed by atoms with Crippen molar-refractivity contribution in [3.63, 3.8) is 0 Å². The van der Waals surface area contributed by atoms with E-state index in [4.69, 9.17) is 11.6 Å². The number of pyridine rings is 1. The molecule has 2 N–H and O–H groups in total. The van der Waals surface area contributed by atoms with Crippen molar-refractivity contribution >= 4 is 23.3 Å². The van der Waals surface area contributed by atoms with Crippen molar-refractivity contribution in [1.29, 1.82) is 0 Å². The van der Waals surface area contributed by atoms with Crippen LogP contribution in [-0.2, 0) is 4.79 Å². The Balaban J connectivity index is 2.60. The standard InChI is InChI=1S/C9H12ClN3O/c1-6(11-2)9(14)13-8-4-3-7(10)5-12-8/h3-6,11H,1-2H3,(H,12,13,14)/t6-/m0/s1. The van der Waals surface area contributed by atoms with E-state index in [1.165, 1.54) is 6.20 Å². The number of nitrogens with one attached hydrogen (secondary N) is 2. The second-order valence-electron chi connectivity index (χ2n) is 2.86. The number of likely N-dealkylation sites (N-methyl/N-ethyl adjacent to an activating group) is 1. The number of nitrogens with zero attached hydrogens (tertiary/aromatic N) is 1. The van der Waals surface area contributed by atoms with Gasteiger partial charge in [0.05, 0.1) is 11.1 Å². The molecule has 0 aliphatic rings. The van der Waals surface area contributed by atoms with Crippen molar-refractivity contribution in [2.45, 2.75) is 13.0 Å². The van der Waals surface area contributed by atoms with E-state index >= 15 is 0 Å². The van der Waals surface area contributed by atoms with Crippen molar-refractivity contribution in [2.24, 2.45) is 0 Å². The van der Waals surface area contributed by atoms with Crippen LogP contribution in [0, 0.1) is 0 Å². The van der Waals surface area contributed by atoms with Gasteiger partial charge in [-0.2, -0.15) is 0 Å². The van der Waals surface area contributed by atoms with Crippen molar-refractivity contribution in [3.8, 4) is 0 Å². The fourth-order valence-corrected chi connectivity index (χ4v) is 0.927. The summed E-state index contributed by atoms with van der Waals surface area (Å²) in [5.74, 6) is 0.379. The minimum atomic E-state index is -0.243.